The van der Waals surface area contributed by atoms with E-state index in [1.54, 1.807) is 11.3 Å². The minimum absolute atomic E-state index is 0.170. The second kappa shape index (κ2) is 6.68. The van der Waals surface area contributed by atoms with Gasteiger partial charge in [0.05, 0.1) is 4.88 Å². The van der Waals surface area contributed by atoms with Crippen LogP contribution in [0.25, 0.3) is 0 Å². The van der Waals surface area contributed by atoms with Gasteiger partial charge in [0.1, 0.15) is 0 Å². The van der Waals surface area contributed by atoms with Crippen molar-refractivity contribution in [3.8, 4) is 0 Å². The first-order chi connectivity index (χ1) is 9.15. The Morgan fingerprint density at radius 3 is 2.68 bits per heavy atom. The monoisotopic (exact) mass is 342 g/mol. The predicted molar refractivity (Wildman–Crippen MR) is 83.9 cm³/mol. The van der Waals surface area contributed by atoms with Crippen LogP contribution in [0.5, 0.6) is 0 Å². The zero-order valence-corrected chi connectivity index (χ0v) is 13.6. The molecule has 1 saturated heterocycles. The van der Waals surface area contributed by atoms with Gasteiger partial charge < -0.3 is 4.90 Å². The molecule has 2 rings (SSSR count). The Balaban J connectivity index is 1.98. The Bertz CT molecular complexity index is 464. The molecule has 0 aromatic carbocycles. The van der Waals surface area contributed by atoms with E-state index in [9.17, 15) is 4.79 Å². The molecule has 0 saturated carbocycles. The number of hydrogen-bond acceptors (Lipinski definition) is 3. The molecule has 19 heavy (non-hydrogen) atoms. The van der Waals surface area contributed by atoms with Crippen LogP contribution >= 0.6 is 27.3 Å². The van der Waals surface area contributed by atoms with E-state index in [2.05, 4.69) is 34.3 Å². The average Bonchev–Trinajstić information content (AvgIpc) is 2.80. The minimum Gasteiger partial charge on any atom is -0.335 e. The average molecular weight is 343 g/mol. The summed E-state index contributed by atoms with van der Waals surface area (Å²) in [6.07, 6.45) is 2.88. The van der Waals surface area contributed by atoms with Crippen LogP contribution in [-0.4, -0.2) is 48.4 Å². The van der Waals surface area contributed by atoms with E-state index in [0.717, 1.165) is 48.5 Å². The van der Waals surface area contributed by atoms with Gasteiger partial charge in [-0.2, -0.15) is 0 Å². The Labute approximate surface area is 127 Å². The van der Waals surface area contributed by atoms with Gasteiger partial charge in [0.25, 0.3) is 5.91 Å². The predicted octanol–water partition coefficient (Wildman–Crippen LogP) is 3.02. The zero-order chi connectivity index (χ0) is 13.8. The third-order valence-electron chi connectivity index (χ3n) is 3.34. The lowest BCUT2D eigenvalue weighted by molar-refractivity contribution is 0.0655. The number of aryl methyl sites for hydroxylation is 1. The van der Waals surface area contributed by atoms with E-state index < -0.39 is 0 Å². The van der Waals surface area contributed by atoms with Gasteiger partial charge in [-0.15, -0.1) is 17.9 Å². The highest BCUT2D eigenvalue weighted by Crippen LogP contribution is 2.28. The van der Waals surface area contributed by atoms with Crippen molar-refractivity contribution in [1.82, 2.24) is 9.80 Å². The van der Waals surface area contributed by atoms with Gasteiger partial charge in [0, 0.05) is 42.1 Å². The molecule has 1 amide bonds. The van der Waals surface area contributed by atoms with Crippen molar-refractivity contribution in [2.24, 2.45) is 0 Å². The lowest BCUT2D eigenvalue weighted by Crippen LogP contribution is -2.48. The Morgan fingerprint density at radius 1 is 1.47 bits per heavy atom. The Kier molecular flexibility index (Phi) is 5.19. The van der Waals surface area contributed by atoms with Gasteiger partial charge in [-0.05, 0) is 28.4 Å². The summed E-state index contributed by atoms with van der Waals surface area (Å²) in [6, 6.07) is 1.96. The maximum atomic E-state index is 12.4. The first-order valence-corrected chi connectivity index (χ1v) is 8.17. The van der Waals surface area contributed by atoms with Crippen molar-refractivity contribution >= 4 is 33.2 Å². The fourth-order valence-corrected chi connectivity index (χ4v) is 4.09. The number of nitrogens with zero attached hydrogens (tertiary/aromatic N) is 2. The minimum atomic E-state index is 0.170. The number of thiophene rings is 1. The van der Waals surface area contributed by atoms with Crippen molar-refractivity contribution in [1.29, 1.82) is 0 Å². The fraction of sp³-hybridized carbons (Fsp3) is 0.500. The van der Waals surface area contributed by atoms with Gasteiger partial charge in [0.2, 0.25) is 0 Å². The maximum Gasteiger partial charge on any atom is 0.264 e. The fourth-order valence-electron chi connectivity index (χ4n) is 2.22. The second-order valence-electron chi connectivity index (χ2n) is 4.62. The number of piperazine rings is 1. The molecule has 0 aliphatic carbocycles. The largest absolute Gasteiger partial charge is 0.335 e. The Hall–Kier alpha value is -0.650. The first-order valence-electron chi connectivity index (χ1n) is 6.56. The van der Waals surface area contributed by atoms with E-state index in [0.29, 0.717) is 0 Å². The molecule has 1 aromatic heterocycles. The van der Waals surface area contributed by atoms with Crippen LogP contribution in [0.2, 0.25) is 0 Å². The number of carbonyl (C=O) groups is 1. The molecule has 104 valence electrons. The lowest BCUT2D eigenvalue weighted by atomic mass is 10.3. The SMILES string of the molecule is C=CCN1CCN(C(=O)c2cc(Br)c(CC)s2)CC1. The van der Waals surface area contributed by atoms with Crippen LogP contribution in [0.4, 0.5) is 0 Å². The molecule has 0 N–H and O–H groups in total. The molecular formula is C14H19BrN2OS. The van der Waals surface area contributed by atoms with Gasteiger partial charge in [-0.3, -0.25) is 9.69 Å². The van der Waals surface area contributed by atoms with Crippen LogP contribution in [0.3, 0.4) is 0 Å². The van der Waals surface area contributed by atoms with Gasteiger partial charge in [-0.25, -0.2) is 0 Å². The van der Waals surface area contributed by atoms with Crippen molar-refractivity contribution in [2.75, 3.05) is 32.7 Å². The summed E-state index contributed by atoms with van der Waals surface area (Å²) in [7, 11) is 0. The summed E-state index contributed by atoms with van der Waals surface area (Å²) < 4.78 is 1.06. The molecule has 0 unspecified atom stereocenters. The van der Waals surface area contributed by atoms with Gasteiger partial charge >= 0.3 is 0 Å². The molecule has 1 aliphatic rings. The standard InChI is InChI=1S/C14H19BrN2OS/c1-3-5-16-6-8-17(9-7-16)14(18)13-10-11(15)12(4-2)19-13/h3,10H,1,4-9H2,2H3. The quantitative estimate of drug-likeness (QED) is 0.785. The summed E-state index contributed by atoms with van der Waals surface area (Å²) in [5, 5.41) is 0. The van der Waals surface area contributed by atoms with E-state index in [-0.39, 0.29) is 5.91 Å². The lowest BCUT2D eigenvalue weighted by Gasteiger charge is -2.33. The van der Waals surface area contributed by atoms with E-state index in [4.69, 9.17) is 0 Å². The molecule has 1 fully saturated rings. The number of hydrogen-bond donors (Lipinski definition) is 0. The van der Waals surface area contributed by atoms with Crippen LogP contribution in [0.1, 0.15) is 21.5 Å². The molecule has 0 spiro atoms. The topological polar surface area (TPSA) is 23.6 Å². The van der Waals surface area contributed by atoms with Crippen LogP contribution in [0, 0.1) is 0 Å². The molecule has 2 heterocycles. The Morgan fingerprint density at radius 2 is 2.16 bits per heavy atom. The maximum absolute atomic E-state index is 12.4. The molecular weight excluding hydrogens is 324 g/mol. The van der Waals surface area contributed by atoms with Crippen molar-refractivity contribution < 1.29 is 4.79 Å². The third kappa shape index (κ3) is 3.46. The zero-order valence-electron chi connectivity index (χ0n) is 11.2. The summed E-state index contributed by atoms with van der Waals surface area (Å²) in [5.41, 5.74) is 0. The summed E-state index contributed by atoms with van der Waals surface area (Å²) in [6.45, 7) is 10.3. The smallest absolute Gasteiger partial charge is 0.264 e. The summed E-state index contributed by atoms with van der Waals surface area (Å²) in [5.74, 6) is 0.170. The molecule has 5 heteroatoms. The first kappa shape index (κ1) is 14.8. The highest BCUT2D eigenvalue weighted by atomic mass is 79.9. The normalized spacial score (nSPS) is 16.6. The molecule has 1 aromatic rings. The van der Waals surface area contributed by atoms with E-state index in [1.165, 1.54) is 4.88 Å². The molecule has 0 radical (unpaired) electrons. The van der Waals surface area contributed by atoms with Crippen molar-refractivity contribution in [3.05, 3.63) is 32.9 Å². The molecule has 1 aliphatic heterocycles. The third-order valence-corrected chi connectivity index (χ3v) is 5.57. The van der Waals surface area contributed by atoms with Crippen LogP contribution < -0.4 is 0 Å². The van der Waals surface area contributed by atoms with Crippen molar-refractivity contribution in [2.45, 2.75) is 13.3 Å². The molecule has 0 bridgehead atoms. The highest BCUT2D eigenvalue weighted by molar-refractivity contribution is 9.10. The molecule has 0 atom stereocenters. The highest BCUT2D eigenvalue weighted by Gasteiger charge is 2.23. The number of carbonyl (C=O) groups excluding carboxylic acids is 1. The number of amides is 1. The van der Waals surface area contributed by atoms with Gasteiger partial charge in [0.15, 0.2) is 0 Å². The van der Waals surface area contributed by atoms with Gasteiger partial charge in [-0.1, -0.05) is 13.0 Å². The van der Waals surface area contributed by atoms with Crippen LogP contribution in [-0.2, 0) is 6.42 Å². The summed E-state index contributed by atoms with van der Waals surface area (Å²) in [4.78, 5) is 18.8. The molecule has 3 nitrogen and oxygen atoms in total. The van der Waals surface area contributed by atoms with E-state index >= 15 is 0 Å². The number of halogens is 1. The second-order valence-corrected chi connectivity index (χ2v) is 6.61. The van der Waals surface area contributed by atoms with E-state index in [1.807, 2.05) is 17.0 Å². The summed E-state index contributed by atoms with van der Waals surface area (Å²) >= 11 is 5.12. The number of rotatable bonds is 4. The van der Waals surface area contributed by atoms with Crippen LogP contribution in [0.15, 0.2) is 23.2 Å². The van der Waals surface area contributed by atoms with Crippen molar-refractivity contribution in [3.63, 3.8) is 0 Å².